The maximum Gasteiger partial charge on any atom is 1.00 e. The molecule has 0 aliphatic carbocycles. The van der Waals surface area contributed by atoms with Gasteiger partial charge in [0.25, 0.3) is 0 Å². The summed E-state index contributed by atoms with van der Waals surface area (Å²) in [5.41, 5.74) is 7.48. The number of ketones is 1. The summed E-state index contributed by atoms with van der Waals surface area (Å²) in [4.78, 5) is 12.0. The molecule has 76 valence electrons. The van der Waals surface area contributed by atoms with E-state index in [0.29, 0.717) is 16.8 Å². The van der Waals surface area contributed by atoms with Crippen LogP contribution in [0, 0.1) is 0 Å². The van der Waals surface area contributed by atoms with Crippen LogP contribution in [0.2, 0.25) is 0 Å². The monoisotopic (exact) mass is 221 g/mol. The second-order valence-corrected chi connectivity index (χ2v) is 3.28. The Kier molecular flexibility index (Phi) is 4.74. The van der Waals surface area contributed by atoms with Crippen molar-refractivity contribution < 1.29 is 35.8 Å². The number of nitrogens with two attached hydrogens (primary N) is 1. The minimum Gasteiger partial charge on any atom is -1.00 e. The molecule has 0 saturated heterocycles. The Morgan fingerprint density at radius 1 is 0.938 bits per heavy atom. The quantitative estimate of drug-likeness (QED) is 0.426. The molecule has 0 spiro atoms. The zero-order chi connectivity index (χ0) is 10.7. The van der Waals surface area contributed by atoms with Crippen molar-refractivity contribution in [2.45, 2.75) is 0 Å². The third-order valence-electron chi connectivity index (χ3n) is 2.24. The summed E-state index contributed by atoms with van der Waals surface area (Å²) in [6.07, 6.45) is 0. The Bertz CT molecular complexity index is 488. The molecule has 0 atom stereocenters. The molecule has 16 heavy (non-hydrogen) atoms. The molecular weight excluding hydrogens is 209 g/mol. The van der Waals surface area contributed by atoms with Crippen LogP contribution in [0.15, 0.2) is 54.6 Å². The van der Waals surface area contributed by atoms with Gasteiger partial charge in [0.1, 0.15) is 0 Å². The van der Waals surface area contributed by atoms with Gasteiger partial charge in [-0.3, -0.25) is 4.79 Å². The van der Waals surface area contributed by atoms with E-state index in [9.17, 15) is 4.79 Å². The molecule has 0 radical (unpaired) electrons. The largest absolute Gasteiger partial charge is 1.00 e. The van der Waals surface area contributed by atoms with E-state index in [1.54, 1.807) is 24.3 Å². The predicted octanol–water partition coefficient (Wildman–Crippen LogP) is -0.384. The summed E-state index contributed by atoms with van der Waals surface area (Å²) in [6.45, 7) is 0. The van der Waals surface area contributed by atoms with Crippen LogP contribution in [-0.4, -0.2) is 5.78 Å². The van der Waals surface area contributed by atoms with Gasteiger partial charge in [0.05, 0.1) is 0 Å². The van der Waals surface area contributed by atoms with Crippen molar-refractivity contribution in [1.82, 2.24) is 0 Å². The normalized spacial score (nSPS) is 9.25. The molecule has 2 N–H and O–H groups in total. The minimum atomic E-state index is -0.0336. The first-order valence-electron chi connectivity index (χ1n) is 4.73. The molecular formula is C13H12NNaO. The number of carbonyl (C=O) groups is 1. The van der Waals surface area contributed by atoms with E-state index in [0.717, 1.165) is 0 Å². The van der Waals surface area contributed by atoms with Crippen LogP contribution >= 0.6 is 0 Å². The van der Waals surface area contributed by atoms with Crippen LogP contribution in [0.1, 0.15) is 17.3 Å². The molecule has 0 aliphatic rings. The first-order chi connectivity index (χ1) is 7.29. The van der Waals surface area contributed by atoms with Crippen LogP contribution in [0.25, 0.3) is 0 Å². The fourth-order valence-electron chi connectivity index (χ4n) is 1.45. The van der Waals surface area contributed by atoms with Gasteiger partial charge in [-0.05, 0) is 12.1 Å². The molecule has 0 unspecified atom stereocenters. The van der Waals surface area contributed by atoms with Crippen LogP contribution in [-0.2, 0) is 0 Å². The maximum absolute atomic E-state index is 12.0. The van der Waals surface area contributed by atoms with Crippen molar-refractivity contribution >= 4 is 11.5 Å². The van der Waals surface area contributed by atoms with Crippen LogP contribution in [0.5, 0.6) is 0 Å². The average Bonchev–Trinajstić information content (AvgIpc) is 2.30. The van der Waals surface area contributed by atoms with Gasteiger partial charge in [0.2, 0.25) is 0 Å². The van der Waals surface area contributed by atoms with Crippen molar-refractivity contribution in [3.63, 3.8) is 0 Å². The molecule has 2 aromatic rings. The molecule has 0 bridgehead atoms. The standard InChI is InChI=1S/C13H11NO.Na.H/c14-12-9-5-4-8-11(12)13(15)10-6-2-1-3-7-10;;/h1-9H,14H2;;/q;+1;-1. The van der Waals surface area contributed by atoms with Crippen LogP contribution < -0.4 is 35.3 Å². The summed E-state index contributed by atoms with van der Waals surface area (Å²) in [6, 6.07) is 16.2. The molecule has 2 nitrogen and oxygen atoms in total. The van der Waals surface area contributed by atoms with Gasteiger partial charge in [-0.1, -0.05) is 42.5 Å². The number of anilines is 1. The molecule has 0 heterocycles. The number of hydrogen-bond acceptors (Lipinski definition) is 2. The van der Waals surface area contributed by atoms with Gasteiger partial charge in [0.15, 0.2) is 5.78 Å². The van der Waals surface area contributed by atoms with E-state index in [1.165, 1.54) is 0 Å². The summed E-state index contributed by atoms with van der Waals surface area (Å²) in [5, 5.41) is 0. The fraction of sp³-hybridized carbons (Fsp3) is 0. The van der Waals surface area contributed by atoms with Crippen molar-refractivity contribution in [2.24, 2.45) is 0 Å². The minimum absolute atomic E-state index is 0. The topological polar surface area (TPSA) is 43.1 Å². The van der Waals surface area contributed by atoms with Crippen LogP contribution in [0.3, 0.4) is 0 Å². The second-order valence-electron chi connectivity index (χ2n) is 3.28. The van der Waals surface area contributed by atoms with Gasteiger partial charge in [0, 0.05) is 16.8 Å². The molecule has 2 rings (SSSR count). The van der Waals surface area contributed by atoms with Crippen molar-refractivity contribution in [2.75, 3.05) is 5.73 Å². The van der Waals surface area contributed by atoms with E-state index < -0.39 is 0 Å². The van der Waals surface area contributed by atoms with Crippen molar-refractivity contribution in [3.8, 4) is 0 Å². The van der Waals surface area contributed by atoms with Crippen molar-refractivity contribution in [3.05, 3.63) is 65.7 Å². The van der Waals surface area contributed by atoms with Gasteiger partial charge in [-0.15, -0.1) is 0 Å². The molecule has 0 aliphatic heterocycles. The SMILES string of the molecule is Nc1ccccc1C(=O)c1ccccc1.[H-].[Na+]. The molecule has 0 amide bonds. The van der Waals surface area contributed by atoms with Gasteiger partial charge < -0.3 is 7.16 Å². The Labute approximate surface area is 118 Å². The fourth-order valence-corrected chi connectivity index (χ4v) is 1.45. The maximum atomic E-state index is 12.0. The Hall–Kier alpha value is -1.09. The van der Waals surface area contributed by atoms with E-state index in [2.05, 4.69) is 0 Å². The van der Waals surface area contributed by atoms with E-state index in [4.69, 9.17) is 5.73 Å². The first-order valence-corrected chi connectivity index (χ1v) is 4.73. The summed E-state index contributed by atoms with van der Waals surface area (Å²) >= 11 is 0. The number of para-hydroxylation sites is 1. The number of benzene rings is 2. The molecule has 0 aromatic heterocycles. The summed E-state index contributed by atoms with van der Waals surface area (Å²) in [7, 11) is 0. The van der Waals surface area contributed by atoms with Gasteiger partial charge in [-0.2, -0.15) is 0 Å². The Morgan fingerprint density at radius 2 is 1.50 bits per heavy atom. The van der Waals surface area contributed by atoms with E-state index >= 15 is 0 Å². The number of nitrogen functional groups attached to an aromatic ring is 1. The zero-order valence-corrected chi connectivity index (χ0v) is 11.2. The first kappa shape index (κ1) is 13.0. The van der Waals surface area contributed by atoms with E-state index in [1.807, 2.05) is 30.3 Å². The van der Waals surface area contributed by atoms with Gasteiger partial charge >= 0.3 is 29.6 Å². The smallest absolute Gasteiger partial charge is 1.00 e. The number of rotatable bonds is 2. The van der Waals surface area contributed by atoms with Crippen molar-refractivity contribution in [1.29, 1.82) is 0 Å². The molecule has 0 saturated carbocycles. The molecule has 0 fully saturated rings. The number of carbonyl (C=O) groups excluding carboxylic acids is 1. The third-order valence-corrected chi connectivity index (χ3v) is 2.24. The Balaban J connectivity index is 0.00000128. The predicted molar refractivity (Wildman–Crippen MR) is 61.8 cm³/mol. The molecule has 3 heteroatoms. The van der Waals surface area contributed by atoms with Gasteiger partial charge in [-0.25, -0.2) is 0 Å². The summed E-state index contributed by atoms with van der Waals surface area (Å²) < 4.78 is 0. The second kappa shape index (κ2) is 5.85. The third kappa shape index (κ3) is 2.73. The summed E-state index contributed by atoms with van der Waals surface area (Å²) in [5.74, 6) is -0.0336. The number of hydrogen-bond donors (Lipinski definition) is 1. The van der Waals surface area contributed by atoms with Crippen LogP contribution in [0.4, 0.5) is 5.69 Å². The zero-order valence-electron chi connectivity index (χ0n) is 10.2. The Morgan fingerprint density at radius 3 is 2.12 bits per heavy atom. The molecule has 2 aromatic carbocycles. The average molecular weight is 221 g/mol. The van der Waals surface area contributed by atoms with E-state index in [-0.39, 0.29) is 36.8 Å².